The van der Waals surface area contributed by atoms with Gasteiger partial charge in [0.1, 0.15) is 33.7 Å². The van der Waals surface area contributed by atoms with E-state index in [2.05, 4.69) is 44.9 Å². The number of nitrogens with one attached hydrogen (secondary N) is 2. The number of hydrogen-bond donors (Lipinski definition) is 2. The maximum atomic E-state index is 13.9. The molecule has 59 heavy (non-hydrogen) atoms. The van der Waals surface area contributed by atoms with E-state index in [9.17, 15) is 14.4 Å². The highest BCUT2D eigenvalue weighted by Crippen LogP contribution is 2.41. The quantitative estimate of drug-likeness (QED) is 0.108. The van der Waals surface area contributed by atoms with Gasteiger partial charge in [-0.05, 0) is 70.0 Å². The lowest BCUT2D eigenvalue weighted by molar-refractivity contribution is -0.141. The highest BCUT2D eigenvalue weighted by atomic mass is 35.5. The van der Waals surface area contributed by atoms with Crippen LogP contribution in [-0.2, 0) is 14.3 Å². The predicted molar refractivity (Wildman–Crippen MR) is 228 cm³/mol. The lowest BCUT2D eigenvalue weighted by atomic mass is 9.99. The number of amides is 2. The zero-order chi connectivity index (χ0) is 41.7. The molecule has 6 aromatic rings. The van der Waals surface area contributed by atoms with Crippen LogP contribution >= 0.6 is 45.9 Å². The Morgan fingerprint density at radius 3 is 1.71 bits per heavy atom. The van der Waals surface area contributed by atoms with E-state index in [1.54, 1.807) is 23.5 Å². The molecule has 2 unspecified atom stereocenters. The van der Waals surface area contributed by atoms with Crippen LogP contribution in [0.15, 0.2) is 58.5 Å². The number of halogens is 2. The number of fused-ring (bicyclic) bond motifs is 6. The van der Waals surface area contributed by atoms with Crippen LogP contribution in [0, 0.1) is 34.6 Å². The highest BCUT2D eigenvalue weighted by Gasteiger charge is 2.35. The number of nitrogens with zero attached hydrogens (tertiary/aromatic N) is 8. The molecule has 14 nitrogen and oxygen atoms in total. The van der Waals surface area contributed by atoms with Crippen LogP contribution in [0.25, 0.3) is 10.0 Å². The average molecular weight is 870 g/mol. The van der Waals surface area contributed by atoms with Crippen molar-refractivity contribution in [3.8, 4) is 10.0 Å². The van der Waals surface area contributed by atoms with Crippen molar-refractivity contribution in [1.82, 2.24) is 40.2 Å². The maximum Gasteiger partial charge on any atom is 0.308 e. The van der Waals surface area contributed by atoms with Gasteiger partial charge in [0.15, 0.2) is 11.6 Å². The van der Waals surface area contributed by atoms with Gasteiger partial charge in [0.05, 0.1) is 36.3 Å². The second-order valence-electron chi connectivity index (χ2n) is 14.2. The van der Waals surface area contributed by atoms with Gasteiger partial charge in [0.25, 0.3) is 5.91 Å². The fraction of sp³-hybridized carbons (Fsp3) is 0.293. The van der Waals surface area contributed by atoms with E-state index in [1.807, 2.05) is 66.3 Å². The zero-order valence-electron chi connectivity index (χ0n) is 32.9. The standard InChI is InChI=1S/C41H38Cl2N10O4S2/c1-19-21(3)58-40-32(19)34(24-7-11-26(42)12-8-24)46-28(37-50-48-22(4)52(37)40)17-30(54)44-15-16-45-39(56)36-20(2)33-35(25-9-13-27(43)14-10-25)47-29(18-31(55)57-6)38-51-49-23(5)53(38)41(33)59-36/h7-14,28-29H,15-18H2,1-6H3,(H,44,54)(H,45,56). The Balaban J connectivity index is 1.02. The van der Waals surface area contributed by atoms with Crippen LogP contribution in [0.4, 0.5) is 0 Å². The van der Waals surface area contributed by atoms with E-state index < -0.39 is 18.1 Å². The summed E-state index contributed by atoms with van der Waals surface area (Å²) >= 11 is 15.4. The molecule has 2 N–H and O–H groups in total. The molecule has 2 atom stereocenters. The number of carbonyl (C=O) groups excluding carboxylic acids is 3. The Bertz CT molecular complexity index is 2710. The summed E-state index contributed by atoms with van der Waals surface area (Å²) in [5.41, 5.74) is 6.47. The second-order valence-corrected chi connectivity index (χ2v) is 17.2. The van der Waals surface area contributed by atoms with E-state index in [1.165, 1.54) is 18.4 Å². The number of aliphatic imine (C=N–C) groups is 2. The molecule has 2 aromatic carbocycles. The number of hydrogen-bond acceptors (Lipinski definition) is 12. The summed E-state index contributed by atoms with van der Waals surface area (Å²) in [7, 11) is 1.33. The second kappa shape index (κ2) is 16.2. The van der Waals surface area contributed by atoms with Crippen molar-refractivity contribution in [2.24, 2.45) is 9.98 Å². The number of thiophene rings is 2. The van der Waals surface area contributed by atoms with Crippen LogP contribution < -0.4 is 10.6 Å². The minimum Gasteiger partial charge on any atom is -0.469 e. The van der Waals surface area contributed by atoms with Crippen molar-refractivity contribution in [2.45, 2.75) is 59.5 Å². The third-order valence-electron chi connectivity index (χ3n) is 10.4. The Kier molecular flexibility index (Phi) is 11.1. The monoisotopic (exact) mass is 868 g/mol. The molecule has 18 heteroatoms. The first-order chi connectivity index (χ1) is 28.3. The van der Waals surface area contributed by atoms with Gasteiger partial charge in [0, 0.05) is 50.3 Å². The maximum absolute atomic E-state index is 13.9. The lowest BCUT2D eigenvalue weighted by Crippen LogP contribution is -2.35. The first kappa shape index (κ1) is 40.2. The summed E-state index contributed by atoms with van der Waals surface area (Å²) in [4.78, 5) is 51.9. The van der Waals surface area contributed by atoms with Crippen molar-refractivity contribution in [3.63, 3.8) is 0 Å². The van der Waals surface area contributed by atoms with Gasteiger partial charge < -0.3 is 15.4 Å². The van der Waals surface area contributed by atoms with E-state index in [0.29, 0.717) is 54.5 Å². The predicted octanol–water partition coefficient (Wildman–Crippen LogP) is 7.10. The smallest absolute Gasteiger partial charge is 0.308 e. The van der Waals surface area contributed by atoms with Crippen LogP contribution in [0.1, 0.15) is 96.2 Å². The van der Waals surface area contributed by atoms with E-state index in [4.69, 9.17) is 37.9 Å². The van der Waals surface area contributed by atoms with Crippen molar-refractivity contribution in [1.29, 1.82) is 0 Å². The van der Waals surface area contributed by atoms with Crippen molar-refractivity contribution < 1.29 is 19.1 Å². The summed E-state index contributed by atoms with van der Waals surface area (Å²) in [5.74, 6) is 1.30. The Morgan fingerprint density at radius 1 is 0.678 bits per heavy atom. The van der Waals surface area contributed by atoms with E-state index >= 15 is 0 Å². The molecule has 302 valence electrons. The topological polar surface area (TPSA) is 171 Å². The summed E-state index contributed by atoms with van der Waals surface area (Å²) in [6.45, 7) is 10.1. The Morgan fingerprint density at radius 2 is 1.17 bits per heavy atom. The third-order valence-corrected chi connectivity index (χ3v) is 13.4. The van der Waals surface area contributed by atoms with Gasteiger partial charge in [-0.25, -0.2) is 0 Å². The fourth-order valence-electron chi connectivity index (χ4n) is 7.32. The summed E-state index contributed by atoms with van der Waals surface area (Å²) in [6, 6.07) is 13.4. The molecule has 4 aromatic heterocycles. The SMILES string of the molecule is COC(=O)CC1N=C(c2ccc(Cl)cc2)c2c(sc(C(=O)NCCNC(=O)CC3N=C(c4ccc(Cl)cc4)c4c(sc(C)c4C)-n4c(C)nnc43)c2C)-n2c(C)nnc21. The number of benzene rings is 2. The highest BCUT2D eigenvalue weighted by molar-refractivity contribution is 7.17. The average Bonchev–Trinajstić information content (AvgIpc) is 3.92. The van der Waals surface area contributed by atoms with Gasteiger partial charge in [-0.2, -0.15) is 0 Å². The molecule has 2 amide bonds. The van der Waals surface area contributed by atoms with Crippen molar-refractivity contribution >= 4 is 75.1 Å². The van der Waals surface area contributed by atoms with E-state index in [-0.39, 0.29) is 37.7 Å². The number of carbonyl (C=O) groups is 3. The van der Waals surface area contributed by atoms with Gasteiger partial charge in [-0.15, -0.1) is 43.1 Å². The van der Waals surface area contributed by atoms with Gasteiger partial charge in [0.2, 0.25) is 5.91 Å². The largest absolute Gasteiger partial charge is 0.469 e. The molecule has 0 bridgehead atoms. The number of ether oxygens (including phenoxy) is 1. The summed E-state index contributed by atoms with van der Waals surface area (Å²) < 4.78 is 8.84. The van der Waals surface area contributed by atoms with Gasteiger partial charge in [-0.3, -0.25) is 33.5 Å². The summed E-state index contributed by atoms with van der Waals surface area (Å²) in [6.07, 6.45) is -0.0405. The molecule has 0 radical (unpaired) electrons. The number of aryl methyl sites for hydroxylation is 3. The molecular formula is C41H38Cl2N10O4S2. The minimum atomic E-state index is -0.691. The van der Waals surface area contributed by atoms with Crippen molar-refractivity contribution in [2.75, 3.05) is 20.2 Å². The van der Waals surface area contributed by atoms with Crippen LogP contribution in [0.3, 0.4) is 0 Å². The third kappa shape index (κ3) is 7.50. The molecule has 0 fully saturated rings. The molecule has 2 aliphatic rings. The fourth-order valence-corrected chi connectivity index (χ4v) is 10.1. The van der Waals surface area contributed by atoms with Crippen LogP contribution in [0.5, 0.6) is 0 Å². The van der Waals surface area contributed by atoms with Crippen LogP contribution in [0.2, 0.25) is 10.0 Å². The first-order valence-corrected chi connectivity index (χ1v) is 21.1. The number of esters is 1. The Labute approximate surface area is 357 Å². The molecule has 0 saturated heterocycles. The van der Waals surface area contributed by atoms with E-state index in [0.717, 1.165) is 43.4 Å². The summed E-state index contributed by atoms with van der Waals surface area (Å²) in [5, 5.41) is 26.4. The van der Waals surface area contributed by atoms with Gasteiger partial charge in [-0.1, -0.05) is 47.5 Å². The molecular weight excluding hydrogens is 832 g/mol. The first-order valence-electron chi connectivity index (χ1n) is 18.7. The van der Waals surface area contributed by atoms with Gasteiger partial charge >= 0.3 is 5.97 Å². The Hall–Kier alpha value is -5.55. The molecule has 2 aliphatic heterocycles. The number of aromatic nitrogens is 6. The molecule has 0 spiro atoms. The lowest BCUT2D eigenvalue weighted by Gasteiger charge is -2.13. The number of methoxy groups -OCH3 is 1. The minimum absolute atomic E-state index is 0.0112. The molecule has 6 heterocycles. The van der Waals surface area contributed by atoms with Crippen molar-refractivity contribution in [3.05, 3.63) is 125 Å². The van der Waals surface area contributed by atoms with Crippen LogP contribution in [-0.4, -0.2) is 78.9 Å². The molecule has 0 saturated carbocycles. The number of rotatable bonds is 10. The zero-order valence-corrected chi connectivity index (χ0v) is 36.0. The normalized spacial score (nSPS) is 15.5. The molecule has 8 rings (SSSR count). The molecule has 0 aliphatic carbocycles.